The van der Waals surface area contributed by atoms with Gasteiger partial charge in [-0.25, -0.2) is 9.59 Å². The minimum absolute atomic E-state index is 0.100. The second-order valence-corrected chi connectivity index (χ2v) is 7.36. The number of ether oxygens (including phenoxy) is 1. The van der Waals surface area contributed by atoms with Crippen LogP contribution in [0.4, 0.5) is 16.2 Å². The summed E-state index contributed by atoms with van der Waals surface area (Å²) in [6.07, 6.45) is 2.38. The van der Waals surface area contributed by atoms with Gasteiger partial charge in [0.1, 0.15) is 12.1 Å². The summed E-state index contributed by atoms with van der Waals surface area (Å²) in [5.74, 6) is -0.141. The summed E-state index contributed by atoms with van der Waals surface area (Å²) in [6.45, 7) is 3.76. The van der Waals surface area contributed by atoms with Crippen LogP contribution < -0.4 is 15.5 Å². The van der Waals surface area contributed by atoms with E-state index >= 15 is 0 Å². The lowest BCUT2D eigenvalue weighted by atomic mass is 9.98. The molecule has 3 amide bonds. The van der Waals surface area contributed by atoms with E-state index in [2.05, 4.69) is 10.6 Å². The minimum atomic E-state index is -0.759. The van der Waals surface area contributed by atoms with E-state index in [1.807, 2.05) is 20.1 Å². The number of thioether (sulfide) groups is 1. The summed E-state index contributed by atoms with van der Waals surface area (Å²) < 4.78 is 4.80. The first kappa shape index (κ1) is 20.1. The predicted molar refractivity (Wildman–Crippen MR) is 104 cm³/mol. The van der Waals surface area contributed by atoms with Crippen molar-refractivity contribution < 1.29 is 19.1 Å². The molecule has 0 spiro atoms. The van der Waals surface area contributed by atoms with Gasteiger partial charge >= 0.3 is 12.0 Å². The van der Waals surface area contributed by atoms with Gasteiger partial charge in [0.2, 0.25) is 5.91 Å². The number of fused-ring (bicyclic) bond motifs is 1. The third-order valence-corrected chi connectivity index (χ3v) is 4.86. The van der Waals surface area contributed by atoms with Crippen LogP contribution in [0.5, 0.6) is 0 Å². The number of esters is 1. The van der Waals surface area contributed by atoms with Crippen LogP contribution in [0.1, 0.15) is 20.3 Å². The van der Waals surface area contributed by atoms with Crippen LogP contribution in [-0.2, 0) is 14.3 Å². The number of para-hydroxylation sites is 2. The molecular weight excluding hydrogens is 354 g/mol. The number of rotatable bonds is 6. The van der Waals surface area contributed by atoms with E-state index in [1.165, 1.54) is 12.0 Å². The first-order valence-electron chi connectivity index (χ1n) is 8.47. The van der Waals surface area contributed by atoms with Crippen LogP contribution in [0.15, 0.2) is 24.3 Å². The van der Waals surface area contributed by atoms with E-state index in [1.54, 1.807) is 36.0 Å². The van der Waals surface area contributed by atoms with E-state index in [0.717, 1.165) is 0 Å². The average Bonchev–Trinajstić information content (AvgIpc) is 2.62. The normalized spacial score (nSPS) is 17.3. The van der Waals surface area contributed by atoms with Crippen molar-refractivity contribution in [3.05, 3.63) is 24.3 Å². The highest BCUT2D eigenvalue weighted by atomic mass is 32.2. The SMILES string of the molecule is COC(=O)[C@@H](CCSC)NC(=O)N1c2ccccc2NC(=O)[C@H]1C(C)C. The van der Waals surface area contributed by atoms with Crippen molar-refractivity contribution in [1.29, 1.82) is 0 Å². The molecule has 1 aliphatic heterocycles. The van der Waals surface area contributed by atoms with Crippen LogP contribution in [0.3, 0.4) is 0 Å². The van der Waals surface area contributed by atoms with Crippen molar-refractivity contribution in [3.8, 4) is 0 Å². The maximum Gasteiger partial charge on any atom is 0.328 e. The molecule has 0 saturated heterocycles. The molecule has 2 atom stereocenters. The van der Waals surface area contributed by atoms with Crippen LogP contribution >= 0.6 is 11.8 Å². The molecule has 1 aromatic rings. The van der Waals surface area contributed by atoms with Crippen molar-refractivity contribution in [3.63, 3.8) is 0 Å². The molecule has 26 heavy (non-hydrogen) atoms. The number of nitrogens with zero attached hydrogens (tertiary/aromatic N) is 1. The van der Waals surface area contributed by atoms with Crippen molar-refractivity contribution >= 4 is 41.0 Å². The van der Waals surface area contributed by atoms with E-state index in [0.29, 0.717) is 23.5 Å². The maximum absolute atomic E-state index is 13.0. The number of carbonyl (C=O) groups is 3. The first-order valence-corrected chi connectivity index (χ1v) is 9.86. The lowest BCUT2D eigenvalue weighted by Gasteiger charge is -2.38. The van der Waals surface area contributed by atoms with Gasteiger partial charge in [0.15, 0.2) is 0 Å². The number of hydrogen-bond donors (Lipinski definition) is 2. The fourth-order valence-electron chi connectivity index (χ4n) is 2.95. The Morgan fingerprint density at radius 2 is 2.04 bits per heavy atom. The number of methoxy groups -OCH3 is 1. The van der Waals surface area contributed by atoms with Gasteiger partial charge in [0, 0.05) is 0 Å². The van der Waals surface area contributed by atoms with Crippen molar-refractivity contribution in [1.82, 2.24) is 5.32 Å². The molecule has 0 bridgehead atoms. The van der Waals surface area contributed by atoms with Crippen LogP contribution in [0, 0.1) is 5.92 Å². The van der Waals surface area contributed by atoms with Gasteiger partial charge in [0.05, 0.1) is 18.5 Å². The lowest BCUT2D eigenvalue weighted by Crippen LogP contribution is -2.58. The summed E-state index contributed by atoms with van der Waals surface area (Å²) >= 11 is 1.58. The van der Waals surface area contributed by atoms with Crippen molar-refractivity contribution in [2.24, 2.45) is 5.92 Å². The molecule has 2 rings (SSSR count). The fourth-order valence-corrected chi connectivity index (χ4v) is 3.42. The summed E-state index contributed by atoms with van der Waals surface area (Å²) in [4.78, 5) is 39.0. The highest BCUT2D eigenvalue weighted by molar-refractivity contribution is 7.98. The molecule has 8 heteroatoms. The number of carbonyl (C=O) groups excluding carboxylic acids is 3. The molecule has 0 aromatic heterocycles. The number of amides is 3. The summed E-state index contributed by atoms with van der Waals surface area (Å²) in [6, 6.07) is 5.21. The van der Waals surface area contributed by atoms with Gasteiger partial charge < -0.3 is 15.4 Å². The number of benzene rings is 1. The first-order chi connectivity index (χ1) is 12.4. The monoisotopic (exact) mass is 379 g/mol. The number of hydrogen-bond acceptors (Lipinski definition) is 5. The number of nitrogens with one attached hydrogen (secondary N) is 2. The van der Waals surface area contributed by atoms with Gasteiger partial charge in [-0.3, -0.25) is 9.69 Å². The summed E-state index contributed by atoms with van der Waals surface area (Å²) in [5.41, 5.74) is 1.18. The molecule has 0 saturated carbocycles. The van der Waals surface area contributed by atoms with Crippen LogP contribution in [0.2, 0.25) is 0 Å². The second-order valence-electron chi connectivity index (χ2n) is 6.37. The second kappa shape index (κ2) is 8.93. The molecule has 0 radical (unpaired) electrons. The average molecular weight is 379 g/mol. The van der Waals surface area contributed by atoms with Crippen LogP contribution in [-0.4, -0.2) is 49.1 Å². The molecule has 0 unspecified atom stereocenters. The highest BCUT2D eigenvalue weighted by Gasteiger charge is 2.39. The van der Waals surface area contributed by atoms with E-state index in [9.17, 15) is 14.4 Å². The molecule has 0 fully saturated rings. The van der Waals surface area contributed by atoms with Gasteiger partial charge in [-0.05, 0) is 36.5 Å². The summed E-state index contributed by atoms with van der Waals surface area (Å²) in [5, 5.41) is 5.58. The fraction of sp³-hybridized carbons (Fsp3) is 0.500. The number of urea groups is 1. The molecule has 142 valence electrons. The molecule has 7 nitrogen and oxygen atoms in total. The smallest absolute Gasteiger partial charge is 0.328 e. The van der Waals surface area contributed by atoms with Gasteiger partial charge in [0.25, 0.3) is 0 Å². The Kier molecular flexibility index (Phi) is 6.90. The van der Waals surface area contributed by atoms with Gasteiger partial charge in [-0.15, -0.1) is 0 Å². The van der Waals surface area contributed by atoms with E-state index in [4.69, 9.17) is 4.74 Å². The third-order valence-electron chi connectivity index (χ3n) is 4.21. The topological polar surface area (TPSA) is 87.7 Å². The van der Waals surface area contributed by atoms with Crippen molar-refractivity contribution in [2.75, 3.05) is 29.3 Å². The van der Waals surface area contributed by atoms with E-state index < -0.39 is 24.1 Å². The van der Waals surface area contributed by atoms with Gasteiger partial charge in [-0.2, -0.15) is 11.8 Å². The maximum atomic E-state index is 13.0. The molecule has 1 aliphatic rings. The Hall–Kier alpha value is -2.22. The summed E-state index contributed by atoms with van der Waals surface area (Å²) in [7, 11) is 1.29. The Balaban J connectivity index is 2.33. The molecular formula is C18H25N3O4S. The Labute approximate surface area is 157 Å². The molecule has 0 aliphatic carbocycles. The zero-order valence-corrected chi connectivity index (χ0v) is 16.3. The third kappa shape index (κ3) is 4.30. The quantitative estimate of drug-likeness (QED) is 0.742. The Morgan fingerprint density at radius 3 is 2.65 bits per heavy atom. The molecule has 1 aromatic carbocycles. The largest absolute Gasteiger partial charge is 0.467 e. The van der Waals surface area contributed by atoms with Crippen LogP contribution in [0.25, 0.3) is 0 Å². The standard InChI is InChI=1S/C18H25N3O4S/c1-11(2)15-16(22)19-12-7-5-6-8-14(12)21(15)18(24)20-13(9-10-26-4)17(23)25-3/h5-8,11,13,15H,9-10H2,1-4H3,(H,19,22)(H,20,24)/t13-,15-/m1/s1. The minimum Gasteiger partial charge on any atom is -0.467 e. The number of anilines is 2. The van der Waals surface area contributed by atoms with Gasteiger partial charge in [-0.1, -0.05) is 26.0 Å². The zero-order chi connectivity index (χ0) is 19.3. The predicted octanol–water partition coefficient (Wildman–Crippen LogP) is 2.47. The molecule has 2 N–H and O–H groups in total. The Bertz CT molecular complexity index is 680. The lowest BCUT2D eigenvalue weighted by molar-refractivity contribution is -0.142. The molecule has 1 heterocycles. The Morgan fingerprint density at radius 1 is 1.35 bits per heavy atom. The van der Waals surface area contributed by atoms with E-state index in [-0.39, 0.29) is 11.8 Å². The highest BCUT2D eigenvalue weighted by Crippen LogP contribution is 2.34. The van der Waals surface area contributed by atoms with Crippen molar-refractivity contribution in [2.45, 2.75) is 32.4 Å². The zero-order valence-electron chi connectivity index (χ0n) is 15.4.